The summed E-state index contributed by atoms with van der Waals surface area (Å²) in [6.07, 6.45) is 1.85. The lowest BCUT2D eigenvalue weighted by atomic mass is 10.2. The zero-order valence-electron chi connectivity index (χ0n) is 11.8. The molecule has 0 spiro atoms. The molecular weight excluding hydrogens is 332 g/mol. The Hall–Kier alpha value is -2.01. The number of benzene rings is 2. The van der Waals surface area contributed by atoms with E-state index in [1.165, 1.54) is 0 Å². The number of hydrogen-bond donors (Lipinski definition) is 0. The van der Waals surface area contributed by atoms with Gasteiger partial charge in [0, 0.05) is 4.47 Å². The lowest BCUT2D eigenvalue weighted by Gasteiger charge is -2.12. The first-order chi connectivity index (χ1) is 10.2. The first-order valence-corrected chi connectivity index (χ1v) is 7.32. The minimum Gasteiger partial charge on any atom is -0.493 e. The van der Waals surface area contributed by atoms with E-state index in [-0.39, 0.29) is 0 Å². The maximum absolute atomic E-state index is 5.37. The van der Waals surface area contributed by atoms with Crippen LogP contribution in [0.2, 0.25) is 0 Å². The van der Waals surface area contributed by atoms with Gasteiger partial charge in [-0.05, 0) is 29.8 Å². The van der Waals surface area contributed by atoms with Crippen molar-refractivity contribution in [1.82, 2.24) is 9.55 Å². The average Bonchev–Trinajstić information content (AvgIpc) is 2.92. The van der Waals surface area contributed by atoms with E-state index in [0.29, 0.717) is 12.3 Å². The summed E-state index contributed by atoms with van der Waals surface area (Å²) in [5, 5.41) is 0. The number of aromatic nitrogens is 2. The molecule has 0 fully saturated rings. The van der Waals surface area contributed by atoms with Gasteiger partial charge in [0.15, 0.2) is 11.5 Å². The fraction of sp³-hybridized carbons (Fsp3) is 0.188. The van der Waals surface area contributed by atoms with Crippen molar-refractivity contribution >= 4 is 27.0 Å². The largest absolute Gasteiger partial charge is 0.493 e. The minimum atomic E-state index is 0.710. The smallest absolute Gasteiger partial charge is 0.161 e. The topological polar surface area (TPSA) is 36.3 Å². The molecule has 0 saturated heterocycles. The number of imidazole rings is 1. The predicted molar refractivity (Wildman–Crippen MR) is 86.1 cm³/mol. The van der Waals surface area contributed by atoms with Crippen molar-refractivity contribution in [3.63, 3.8) is 0 Å². The average molecular weight is 347 g/mol. The van der Waals surface area contributed by atoms with Crippen molar-refractivity contribution in [2.24, 2.45) is 0 Å². The highest BCUT2D eigenvalue weighted by atomic mass is 79.9. The fourth-order valence-electron chi connectivity index (χ4n) is 2.34. The van der Waals surface area contributed by atoms with Gasteiger partial charge in [-0.25, -0.2) is 4.98 Å². The number of rotatable bonds is 4. The van der Waals surface area contributed by atoms with Crippen molar-refractivity contribution in [1.29, 1.82) is 0 Å². The van der Waals surface area contributed by atoms with E-state index in [1.54, 1.807) is 14.2 Å². The molecule has 0 aliphatic carbocycles. The monoisotopic (exact) mass is 346 g/mol. The van der Waals surface area contributed by atoms with Crippen molar-refractivity contribution in [3.05, 3.63) is 52.8 Å². The Labute approximate surface area is 131 Å². The second kappa shape index (κ2) is 5.77. The zero-order chi connectivity index (χ0) is 14.8. The van der Waals surface area contributed by atoms with Crippen LogP contribution in [0.4, 0.5) is 0 Å². The Morgan fingerprint density at radius 1 is 1.10 bits per heavy atom. The minimum absolute atomic E-state index is 0.710. The van der Waals surface area contributed by atoms with Crippen LogP contribution in [0.3, 0.4) is 0 Å². The van der Waals surface area contributed by atoms with E-state index in [2.05, 4.69) is 31.5 Å². The van der Waals surface area contributed by atoms with Crippen LogP contribution in [0.1, 0.15) is 5.56 Å². The molecule has 0 aliphatic heterocycles. The number of hydrogen-bond acceptors (Lipinski definition) is 3. The van der Waals surface area contributed by atoms with Crippen molar-refractivity contribution in [2.75, 3.05) is 14.2 Å². The Kier molecular flexibility index (Phi) is 3.84. The first kappa shape index (κ1) is 13.9. The normalized spacial score (nSPS) is 10.8. The molecule has 3 rings (SSSR count). The summed E-state index contributed by atoms with van der Waals surface area (Å²) in [5.74, 6) is 1.43. The number of halogens is 1. The molecule has 0 radical (unpaired) electrons. The molecule has 2 aromatic carbocycles. The van der Waals surface area contributed by atoms with Gasteiger partial charge in [-0.1, -0.05) is 28.1 Å². The lowest BCUT2D eigenvalue weighted by Crippen LogP contribution is -2.00. The van der Waals surface area contributed by atoms with Gasteiger partial charge in [0.05, 0.1) is 38.1 Å². The Morgan fingerprint density at radius 3 is 2.57 bits per heavy atom. The number of fused-ring (bicyclic) bond motifs is 1. The summed E-state index contributed by atoms with van der Waals surface area (Å²) in [5.41, 5.74) is 3.21. The third-order valence-corrected chi connectivity index (χ3v) is 4.16. The summed E-state index contributed by atoms with van der Waals surface area (Å²) in [6.45, 7) is 0.710. The van der Waals surface area contributed by atoms with Gasteiger partial charge in [-0.15, -0.1) is 0 Å². The summed E-state index contributed by atoms with van der Waals surface area (Å²) in [7, 11) is 3.27. The summed E-state index contributed by atoms with van der Waals surface area (Å²) < 4.78 is 13.8. The van der Waals surface area contributed by atoms with E-state index in [1.807, 2.05) is 36.7 Å². The summed E-state index contributed by atoms with van der Waals surface area (Å²) >= 11 is 3.59. The predicted octanol–water partition coefficient (Wildman–Crippen LogP) is 3.86. The van der Waals surface area contributed by atoms with Crippen LogP contribution in [-0.2, 0) is 6.54 Å². The molecule has 3 aromatic rings. The second-order valence-corrected chi connectivity index (χ2v) is 5.51. The van der Waals surface area contributed by atoms with Crippen LogP contribution in [0, 0.1) is 0 Å². The maximum atomic E-state index is 5.37. The van der Waals surface area contributed by atoms with Crippen molar-refractivity contribution in [2.45, 2.75) is 6.54 Å². The number of methoxy groups -OCH3 is 2. The van der Waals surface area contributed by atoms with E-state index >= 15 is 0 Å². The van der Waals surface area contributed by atoms with Crippen LogP contribution in [0.5, 0.6) is 11.5 Å². The van der Waals surface area contributed by atoms with E-state index in [0.717, 1.165) is 26.8 Å². The summed E-state index contributed by atoms with van der Waals surface area (Å²) in [4.78, 5) is 4.41. The number of para-hydroxylation sites is 2. The molecule has 1 aromatic heterocycles. The molecule has 0 bridgehead atoms. The molecule has 1 heterocycles. The standard InChI is InChI=1S/C16H15BrN2O2/c1-20-15-7-11(12(17)8-16(15)21-2)9-19-10-18-13-5-3-4-6-14(13)19/h3-8,10H,9H2,1-2H3. The quantitative estimate of drug-likeness (QED) is 0.719. The second-order valence-electron chi connectivity index (χ2n) is 4.66. The molecule has 5 heteroatoms. The number of nitrogens with zero attached hydrogens (tertiary/aromatic N) is 2. The Bertz CT molecular complexity index is 783. The molecule has 0 N–H and O–H groups in total. The van der Waals surface area contributed by atoms with E-state index < -0.39 is 0 Å². The third-order valence-electron chi connectivity index (χ3n) is 3.42. The van der Waals surface area contributed by atoms with Gasteiger partial charge < -0.3 is 14.0 Å². The van der Waals surface area contributed by atoms with Crippen LogP contribution in [-0.4, -0.2) is 23.8 Å². The van der Waals surface area contributed by atoms with Gasteiger partial charge >= 0.3 is 0 Å². The van der Waals surface area contributed by atoms with Crippen LogP contribution in [0.15, 0.2) is 47.2 Å². The SMILES string of the molecule is COc1cc(Br)c(Cn2cnc3ccccc32)cc1OC. The maximum Gasteiger partial charge on any atom is 0.161 e. The van der Waals surface area contributed by atoms with E-state index in [4.69, 9.17) is 9.47 Å². The fourth-order valence-corrected chi connectivity index (χ4v) is 2.79. The van der Waals surface area contributed by atoms with Crippen molar-refractivity contribution in [3.8, 4) is 11.5 Å². The first-order valence-electron chi connectivity index (χ1n) is 6.53. The molecule has 108 valence electrons. The van der Waals surface area contributed by atoms with Gasteiger partial charge in [0.1, 0.15) is 0 Å². The molecule has 0 atom stereocenters. The summed E-state index contributed by atoms with van der Waals surface area (Å²) in [6, 6.07) is 12.0. The highest BCUT2D eigenvalue weighted by Crippen LogP contribution is 2.34. The van der Waals surface area contributed by atoms with Gasteiger partial charge in [0.2, 0.25) is 0 Å². The Balaban J connectivity index is 2.01. The molecule has 21 heavy (non-hydrogen) atoms. The third kappa shape index (κ3) is 2.61. The van der Waals surface area contributed by atoms with Gasteiger partial charge in [-0.2, -0.15) is 0 Å². The molecule has 0 saturated carbocycles. The molecular formula is C16H15BrN2O2. The lowest BCUT2D eigenvalue weighted by molar-refractivity contribution is 0.354. The molecule has 0 unspecified atom stereocenters. The molecule has 0 amide bonds. The van der Waals surface area contributed by atoms with E-state index in [9.17, 15) is 0 Å². The van der Waals surface area contributed by atoms with Crippen LogP contribution >= 0.6 is 15.9 Å². The number of ether oxygens (including phenoxy) is 2. The molecule has 4 nitrogen and oxygen atoms in total. The molecule has 0 aliphatic rings. The zero-order valence-corrected chi connectivity index (χ0v) is 13.4. The Morgan fingerprint density at radius 2 is 1.81 bits per heavy atom. The van der Waals surface area contributed by atoms with Crippen LogP contribution < -0.4 is 9.47 Å². The van der Waals surface area contributed by atoms with Gasteiger partial charge in [-0.3, -0.25) is 0 Å². The van der Waals surface area contributed by atoms with Gasteiger partial charge in [0.25, 0.3) is 0 Å². The highest BCUT2D eigenvalue weighted by molar-refractivity contribution is 9.10. The van der Waals surface area contributed by atoms with Crippen molar-refractivity contribution < 1.29 is 9.47 Å². The highest BCUT2D eigenvalue weighted by Gasteiger charge is 2.11. The van der Waals surface area contributed by atoms with Crippen LogP contribution in [0.25, 0.3) is 11.0 Å².